The molecule has 3 nitrogen and oxygen atoms in total. The topological polar surface area (TPSA) is 64.7 Å². The van der Waals surface area contributed by atoms with Crippen molar-refractivity contribution in [1.82, 2.24) is 0 Å². The van der Waals surface area contributed by atoms with Crippen molar-refractivity contribution < 1.29 is 4.79 Å². The van der Waals surface area contributed by atoms with Crippen molar-refractivity contribution in [3.05, 3.63) is 33.3 Å². The molecule has 0 aliphatic heterocycles. The SMILES string of the molecule is N#CC(C#N)C(=O)c1ccc(Br)cc1Cl. The Morgan fingerprint density at radius 1 is 1.40 bits per heavy atom. The minimum Gasteiger partial charge on any atom is -0.291 e. The maximum atomic E-state index is 11.6. The average Bonchev–Trinajstić information content (AvgIpc) is 2.19. The fourth-order valence-electron chi connectivity index (χ4n) is 0.991. The molecule has 0 heterocycles. The molecule has 0 saturated carbocycles. The smallest absolute Gasteiger partial charge is 0.195 e. The van der Waals surface area contributed by atoms with Crippen LogP contribution < -0.4 is 0 Å². The fourth-order valence-corrected chi connectivity index (χ4v) is 1.76. The van der Waals surface area contributed by atoms with Crippen LogP contribution in [0.2, 0.25) is 5.02 Å². The summed E-state index contributed by atoms with van der Waals surface area (Å²) in [6.07, 6.45) is 0. The van der Waals surface area contributed by atoms with Gasteiger partial charge in [-0.2, -0.15) is 10.5 Å². The summed E-state index contributed by atoms with van der Waals surface area (Å²) in [6.45, 7) is 0. The van der Waals surface area contributed by atoms with Crippen LogP contribution in [0.4, 0.5) is 0 Å². The largest absolute Gasteiger partial charge is 0.291 e. The lowest BCUT2D eigenvalue weighted by atomic mass is 10.0. The van der Waals surface area contributed by atoms with Crippen molar-refractivity contribution in [1.29, 1.82) is 10.5 Å². The van der Waals surface area contributed by atoms with E-state index in [1.807, 2.05) is 0 Å². The van der Waals surface area contributed by atoms with Gasteiger partial charge in [0.15, 0.2) is 11.7 Å². The molecule has 0 unspecified atom stereocenters. The Labute approximate surface area is 100 Å². The van der Waals surface area contributed by atoms with E-state index in [-0.39, 0.29) is 10.6 Å². The van der Waals surface area contributed by atoms with Gasteiger partial charge in [0.1, 0.15) is 0 Å². The Morgan fingerprint density at radius 3 is 2.47 bits per heavy atom. The summed E-state index contributed by atoms with van der Waals surface area (Å²) in [6, 6.07) is 7.88. The first-order valence-corrected chi connectivity index (χ1v) is 5.05. The van der Waals surface area contributed by atoms with E-state index in [0.29, 0.717) is 0 Å². The van der Waals surface area contributed by atoms with Crippen LogP contribution in [0.15, 0.2) is 22.7 Å². The summed E-state index contributed by atoms with van der Waals surface area (Å²) in [4.78, 5) is 11.6. The zero-order valence-electron chi connectivity index (χ0n) is 7.37. The van der Waals surface area contributed by atoms with Crippen LogP contribution in [0.3, 0.4) is 0 Å². The van der Waals surface area contributed by atoms with Gasteiger partial charge >= 0.3 is 0 Å². The zero-order chi connectivity index (χ0) is 11.4. The zero-order valence-corrected chi connectivity index (χ0v) is 9.71. The van der Waals surface area contributed by atoms with E-state index in [1.54, 1.807) is 24.3 Å². The number of hydrogen-bond donors (Lipinski definition) is 0. The second kappa shape index (κ2) is 4.93. The number of Topliss-reactive ketones (excluding diaryl/α,β-unsaturated/α-hetero) is 1. The number of rotatable bonds is 2. The summed E-state index contributed by atoms with van der Waals surface area (Å²) in [5.41, 5.74) is 0.188. The first-order chi connectivity index (χ1) is 7.10. The second-order valence-electron chi connectivity index (χ2n) is 2.68. The molecular weight excluding hydrogens is 279 g/mol. The van der Waals surface area contributed by atoms with Gasteiger partial charge in [-0.05, 0) is 18.2 Å². The minimum atomic E-state index is -1.30. The summed E-state index contributed by atoms with van der Waals surface area (Å²) in [5, 5.41) is 17.3. The van der Waals surface area contributed by atoms with Crippen LogP contribution in [0.25, 0.3) is 0 Å². The molecule has 0 atom stereocenters. The maximum absolute atomic E-state index is 11.6. The Morgan fingerprint density at radius 2 is 2.00 bits per heavy atom. The highest BCUT2D eigenvalue weighted by Crippen LogP contribution is 2.23. The lowest BCUT2D eigenvalue weighted by molar-refractivity contribution is 0.0971. The van der Waals surface area contributed by atoms with Crippen LogP contribution in [0.1, 0.15) is 10.4 Å². The number of ketones is 1. The Hall–Kier alpha value is -1.36. The van der Waals surface area contributed by atoms with Crippen molar-refractivity contribution in [3.63, 3.8) is 0 Å². The number of nitriles is 2. The van der Waals surface area contributed by atoms with Crippen molar-refractivity contribution >= 4 is 33.3 Å². The van der Waals surface area contributed by atoms with Crippen molar-refractivity contribution in [2.45, 2.75) is 0 Å². The summed E-state index contributed by atoms with van der Waals surface area (Å²) in [5.74, 6) is -1.87. The molecular formula is C10H4BrClN2O. The molecule has 0 N–H and O–H groups in total. The fraction of sp³-hybridized carbons (Fsp3) is 0.100. The van der Waals surface area contributed by atoms with E-state index in [0.717, 1.165) is 4.47 Å². The minimum absolute atomic E-state index is 0.188. The Kier molecular flexibility index (Phi) is 3.85. The molecule has 0 amide bonds. The van der Waals surface area contributed by atoms with Gasteiger partial charge in [-0.3, -0.25) is 4.79 Å². The van der Waals surface area contributed by atoms with E-state index in [4.69, 9.17) is 22.1 Å². The summed E-state index contributed by atoms with van der Waals surface area (Å²) >= 11 is 9.00. The molecule has 5 heteroatoms. The van der Waals surface area contributed by atoms with E-state index in [1.165, 1.54) is 6.07 Å². The first kappa shape index (κ1) is 11.7. The number of benzene rings is 1. The number of hydrogen-bond acceptors (Lipinski definition) is 3. The summed E-state index contributed by atoms with van der Waals surface area (Å²) < 4.78 is 0.731. The van der Waals surface area contributed by atoms with Crippen LogP contribution in [0.5, 0.6) is 0 Å². The lowest BCUT2D eigenvalue weighted by Gasteiger charge is -2.03. The second-order valence-corrected chi connectivity index (χ2v) is 4.00. The van der Waals surface area contributed by atoms with E-state index >= 15 is 0 Å². The molecule has 1 aromatic carbocycles. The quantitative estimate of drug-likeness (QED) is 0.784. The molecule has 15 heavy (non-hydrogen) atoms. The predicted molar refractivity (Wildman–Crippen MR) is 58.2 cm³/mol. The van der Waals surface area contributed by atoms with Gasteiger partial charge in [0.05, 0.1) is 17.2 Å². The third-order valence-electron chi connectivity index (χ3n) is 1.72. The number of carbonyl (C=O) groups excluding carboxylic acids is 1. The van der Waals surface area contributed by atoms with Crippen molar-refractivity contribution in [3.8, 4) is 12.1 Å². The summed E-state index contributed by atoms with van der Waals surface area (Å²) in [7, 11) is 0. The van der Waals surface area contributed by atoms with E-state index in [9.17, 15) is 4.79 Å². The van der Waals surface area contributed by atoms with Gasteiger partial charge < -0.3 is 0 Å². The molecule has 1 rings (SSSR count). The highest BCUT2D eigenvalue weighted by molar-refractivity contribution is 9.10. The first-order valence-electron chi connectivity index (χ1n) is 3.88. The standard InChI is InChI=1S/C10H4BrClN2O/c11-7-1-2-8(9(12)3-7)10(15)6(4-13)5-14/h1-3,6H. The molecule has 0 bridgehead atoms. The highest BCUT2D eigenvalue weighted by atomic mass is 79.9. The Balaban J connectivity index is 3.14. The molecule has 0 aliphatic rings. The highest BCUT2D eigenvalue weighted by Gasteiger charge is 2.21. The molecule has 0 aromatic heterocycles. The van der Waals surface area contributed by atoms with Gasteiger partial charge in [0, 0.05) is 10.0 Å². The van der Waals surface area contributed by atoms with E-state index in [2.05, 4.69) is 15.9 Å². The van der Waals surface area contributed by atoms with Crippen LogP contribution in [0, 0.1) is 28.6 Å². The normalized spacial score (nSPS) is 9.40. The van der Waals surface area contributed by atoms with Gasteiger partial charge in [-0.1, -0.05) is 27.5 Å². The molecule has 74 valence electrons. The molecule has 0 aliphatic carbocycles. The maximum Gasteiger partial charge on any atom is 0.195 e. The third kappa shape index (κ3) is 2.56. The molecule has 1 aromatic rings. The van der Waals surface area contributed by atoms with Gasteiger partial charge in [-0.25, -0.2) is 0 Å². The Bertz CT molecular complexity index is 473. The molecule has 0 radical (unpaired) electrons. The number of carbonyl (C=O) groups is 1. The van der Waals surface area contributed by atoms with Gasteiger partial charge in [-0.15, -0.1) is 0 Å². The lowest BCUT2D eigenvalue weighted by Crippen LogP contribution is -2.11. The van der Waals surface area contributed by atoms with Crippen LogP contribution >= 0.6 is 27.5 Å². The van der Waals surface area contributed by atoms with Crippen LogP contribution in [-0.4, -0.2) is 5.78 Å². The number of halogens is 2. The molecule has 0 saturated heterocycles. The molecule has 0 fully saturated rings. The predicted octanol–water partition coefficient (Wildman–Crippen LogP) is 2.95. The van der Waals surface area contributed by atoms with Gasteiger partial charge in [0.2, 0.25) is 0 Å². The average molecular weight is 284 g/mol. The van der Waals surface area contributed by atoms with E-state index < -0.39 is 11.7 Å². The van der Waals surface area contributed by atoms with Gasteiger partial charge in [0.25, 0.3) is 0 Å². The monoisotopic (exact) mass is 282 g/mol. The number of nitrogens with zero attached hydrogens (tertiary/aromatic N) is 2. The third-order valence-corrected chi connectivity index (χ3v) is 2.52. The van der Waals surface area contributed by atoms with Crippen molar-refractivity contribution in [2.24, 2.45) is 5.92 Å². The van der Waals surface area contributed by atoms with Crippen molar-refractivity contribution in [2.75, 3.05) is 0 Å². The molecule has 0 spiro atoms. The van der Waals surface area contributed by atoms with Crippen LogP contribution in [-0.2, 0) is 0 Å².